The Morgan fingerprint density at radius 3 is 2.62 bits per heavy atom. The van der Waals surface area contributed by atoms with Crippen molar-refractivity contribution in [2.75, 3.05) is 19.6 Å². The molecule has 0 radical (unpaired) electrons. The maximum absolute atomic E-state index is 12.7. The molecule has 6 nitrogen and oxygen atoms in total. The highest BCUT2D eigenvalue weighted by atomic mass is 35.5. The molecule has 26 heavy (non-hydrogen) atoms. The van der Waals surface area contributed by atoms with Gasteiger partial charge in [-0.1, -0.05) is 24.4 Å². The Hall–Kier alpha value is -1.66. The fourth-order valence-electron chi connectivity index (χ4n) is 4.23. The van der Waals surface area contributed by atoms with Gasteiger partial charge in [-0.05, 0) is 38.3 Å². The van der Waals surface area contributed by atoms with Crippen LogP contribution in [0.2, 0.25) is 5.02 Å². The number of piperazine rings is 1. The van der Waals surface area contributed by atoms with Crippen molar-refractivity contribution in [3.8, 4) is 0 Å². The number of carbonyl (C=O) groups excluding carboxylic acids is 1. The van der Waals surface area contributed by atoms with Gasteiger partial charge in [-0.3, -0.25) is 19.8 Å². The minimum Gasteiger partial charge on any atom is -0.337 e. The van der Waals surface area contributed by atoms with Gasteiger partial charge in [-0.2, -0.15) is 0 Å². The summed E-state index contributed by atoms with van der Waals surface area (Å²) in [5, 5.41) is 11.6. The summed E-state index contributed by atoms with van der Waals surface area (Å²) in [5.74, 6) is 0.519. The summed E-state index contributed by atoms with van der Waals surface area (Å²) >= 11 is 6.07. The minimum absolute atomic E-state index is 0.0654. The van der Waals surface area contributed by atoms with Gasteiger partial charge >= 0.3 is 0 Å². The highest BCUT2D eigenvalue weighted by Crippen LogP contribution is 2.30. The zero-order valence-electron chi connectivity index (χ0n) is 15.4. The number of carbonyl (C=O) groups is 1. The topological polar surface area (TPSA) is 66.7 Å². The Bertz CT molecular complexity index is 704. The highest BCUT2D eigenvalue weighted by molar-refractivity contribution is 6.30. The van der Waals surface area contributed by atoms with Crippen LogP contribution in [0.3, 0.4) is 0 Å². The van der Waals surface area contributed by atoms with Crippen LogP contribution in [-0.2, 0) is 11.3 Å². The van der Waals surface area contributed by atoms with Gasteiger partial charge in [0, 0.05) is 54.8 Å². The number of amides is 1. The van der Waals surface area contributed by atoms with E-state index in [0.717, 1.165) is 50.9 Å². The maximum Gasteiger partial charge on any atom is 0.274 e. The Morgan fingerprint density at radius 1 is 1.31 bits per heavy atom. The van der Waals surface area contributed by atoms with Crippen LogP contribution in [0.15, 0.2) is 12.1 Å². The van der Waals surface area contributed by atoms with Gasteiger partial charge in [0.2, 0.25) is 5.91 Å². The van der Waals surface area contributed by atoms with E-state index in [0.29, 0.717) is 23.0 Å². The lowest BCUT2D eigenvalue weighted by molar-refractivity contribution is -0.385. The smallest absolute Gasteiger partial charge is 0.274 e. The number of hydrogen-bond donors (Lipinski definition) is 0. The van der Waals surface area contributed by atoms with Crippen molar-refractivity contribution < 1.29 is 9.72 Å². The lowest BCUT2D eigenvalue weighted by atomic mass is 10.0. The van der Waals surface area contributed by atoms with E-state index in [1.165, 1.54) is 6.07 Å². The van der Waals surface area contributed by atoms with Gasteiger partial charge in [0.1, 0.15) is 0 Å². The van der Waals surface area contributed by atoms with Gasteiger partial charge in [-0.15, -0.1) is 0 Å². The molecule has 0 aromatic heterocycles. The molecule has 1 aliphatic heterocycles. The van der Waals surface area contributed by atoms with Crippen molar-refractivity contribution in [3.05, 3.63) is 38.4 Å². The van der Waals surface area contributed by atoms with E-state index in [1.807, 2.05) is 11.0 Å². The lowest BCUT2D eigenvalue weighted by Crippen LogP contribution is -2.54. The zero-order valence-corrected chi connectivity index (χ0v) is 16.2. The molecule has 3 rings (SSSR count). The van der Waals surface area contributed by atoms with Crippen LogP contribution >= 0.6 is 11.6 Å². The van der Waals surface area contributed by atoms with E-state index in [1.54, 1.807) is 6.92 Å². The number of halogens is 1. The summed E-state index contributed by atoms with van der Waals surface area (Å²) in [5.41, 5.74) is 1.61. The molecule has 2 aliphatic rings. The molecular weight excluding hydrogens is 354 g/mol. The van der Waals surface area contributed by atoms with Crippen molar-refractivity contribution in [1.82, 2.24) is 9.80 Å². The van der Waals surface area contributed by atoms with Crippen LogP contribution in [0.5, 0.6) is 0 Å². The van der Waals surface area contributed by atoms with Crippen molar-refractivity contribution in [2.45, 2.75) is 52.1 Å². The van der Waals surface area contributed by atoms with Crippen LogP contribution in [0.4, 0.5) is 5.69 Å². The molecule has 1 saturated heterocycles. The average molecular weight is 380 g/mol. The number of nitrogens with zero attached hydrogens (tertiary/aromatic N) is 3. The van der Waals surface area contributed by atoms with Crippen molar-refractivity contribution in [2.24, 2.45) is 5.92 Å². The summed E-state index contributed by atoms with van der Waals surface area (Å²) in [4.78, 5) is 27.8. The van der Waals surface area contributed by atoms with Gasteiger partial charge in [0.25, 0.3) is 5.69 Å². The normalized spacial score (nSPS) is 22.0. The quantitative estimate of drug-likeness (QED) is 0.589. The second kappa shape index (κ2) is 7.92. The van der Waals surface area contributed by atoms with Crippen molar-refractivity contribution in [3.63, 3.8) is 0 Å². The minimum atomic E-state index is -0.383. The Morgan fingerprint density at radius 2 is 2.00 bits per heavy atom. The standard InChI is InChI=1S/C19H26ClN3O3/c1-13-11-21(7-8-22(13)19(24)15-5-3-4-6-15)12-16-9-17(20)10-18(14(16)2)23(25)26/h9-10,13,15H,3-8,11-12H2,1-2H3/t13-/m0/s1. The molecule has 0 bridgehead atoms. The number of nitro groups is 1. The third kappa shape index (κ3) is 4.01. The summed E-state index contributed by atoms with van der Waals surface area (Å²) in [6.45, 7) is 6.75. The predicted octanol–water partition coefficient (Wildman–Crippen LogP) is 3.78. The molecule has 2 fully saturated rings. The molecular formula is C19H26ClN3O3. The van der Waals surface area contributed by atoms with E-state index in [2.05, 4.69) is 11.8 Å². The molecule has 0 N–H and O–H groups in total. The van der Waals surface area contributed by atoms with Crippen LogP contribution in [0, 0.1) is 23.0 Å². The molecule has 1 saturated carbocycles. The molecule has 142 valence electrons. The largest absolute Gasteiger partial charge is 0.337 e. The second-order valence-electron chi connectivity index (χ2n) is 7.56. The van der Waals surface area contributed by atoms with E-state index in [4.69, 9.17) is 11.6 Å². The van der Waals surface area contributed by atoms with Gasteiger partial charge in [0.15, 0.2) is 0 Å². The number of rotatable bonds is 4. The fraction of sp³-hybridized carbons (Fsp3) is 0.632. The first-order valence-corrected chi connectivity index (χ1v) is 9.71. The van der Waals surface area contributed by atoms with Crippen LogP contribution in [0.1, 0.15) is 43.7 Å². The molecule has 1 aromatic rings. The van der Waals surface area contributed by atoms with E-state index in [-0.39, 0.29) is 22.6 Å². The predicted molar refractivity (Wildman–Crippen MR) is 101 cm³/mol. The highest BCUT2D eigenvalue weighted by Gasteiger charge is 2.33. The van der Waals surface area contributed by atoms with Crippen LogP contribution < -0.4 is 0 Å². The SMILES string of the molecule is Cc1c(CN2CCN(C(=O)C3CCCC3)[C@@H](C)C2)cc(Cl)cc1[N+](=O)[O-]. The molecule has 1 aliphatic carbocycles. The molecule has 1 heterocycles. The van der Waals surface area contributed by atoms with Gasteiger partial charge in [0.05, 0.1) is 4.92 Å². The summed E-state index contributed by atoms with van der Waals surface area (Å²) in [7, 11) is 0. The molecule has 1 aromatic carbocycles. The van der Waals surface area contributed by atoms with Crippen LogP contribution in [-0.4, -0.2) is 46.3 Å². The molecule has 0 unspecified atom stereocenters. The molecule has 1 amide bonds. The maximum atomic E-state index is 12.7. The summed E-state index contributed by atoms with van der Waals surface area (Å²) < 4.78 is 0. The zero-order chi connectivity index (χ0) is 18.8. The van der Waals surface area contributed by atoms with Crippen molar-refractivity contribution >= 4 is 23.2 Å². The first-order chi connectivity index (χ1) is 12.4. The van der Waals surface area contributed by atoms with E-state index in [9.17, 15) is 14.9 Å². The average Bonchev–Trinajstić information content (AvgIpc) is 3.11. The monoisotopic (exact) mass is 379 g/mol. The first kappa shape index (κ1) is 19.1. The number of nitro benzene ring substituents is 1. The molecule has 7 heteroatoms. The third-order valence-electron chi connectivity index (χ3n) is 5.74. The van der Waals surface area contributed by atoms with E-state index >= 15 is 0 Å². The fourth-order valence-corrected chi connectivity index (χ4v) is 4.46. The van der Waals surface area contributed by atoms with Crippen LogP contribution in [0.25, 0.3) is 0 Å². The third-order valence-corrected chi connectivity index (χ3v) is 5.96. The van der Waals surface area contributed by atoms with Crippen molar-refractivity contribution in [1.29, 1.82) is 0 Å². The Kier molecular flexibility index (Phi) is 5.82. The lowest BCUT2D eigenvalue weighted by Gasteiger charge is -2.41. The van der Waals surface area contributed by atoms with Gasteiger partial charge < -0.3 is 4.90 Å². The molecule has 0 spiro atoms. The Balaban J connectivity index is 1.66. The van der Waals surface area contributed by atoms with E-state index < -0.39 is 0 Å². The summed E-state index contributed by atoms with van der Waals surface area (Å²) in [6.07, 6.45) is 4.38. The summed E-state index contributed by atoms with van der Waals surface area (Å²) in [6, 6.07) is 3.37. The first-order valence-electron chi connectivity index (χ1n) is 9.33. The Labute approximate surface area is 159 Å². The number of benzene rings is 1. The molecule has 1 atom stereocenters. The van der Waals surface area contributed by atoms with Gasteiger partial charge in [-0.25, -0.2) is 0 Å². The number of hydrogen-bond acceptors (Lipinski definition) is 4. The second-order valence-corrected chi connectivity index (χ2v) is 8.00.